The molecule has 0 rings (SSSR count). The quantitative estimate of drug-likeness (QED) is 0.732. The molecule has 0 aromatic rings. The lowest BCUT2D eigenvalue weighted by Gasteiger charge is -2.12. The van der Waals surface area contributed by atoms with Gasteiger partial charge in [0.1, 0.15) is 9.84 Å². The van der Waals surface area contributed by atoms with Crippen molar-refractivity contribution in [1.29, 1.82) is 5.26 Å². The largest absolute Gasteiger partial charge is 0.405 e. The standard InChI is InChI=1S/C7H10F3NO3S2/c1-16(13,14)3-2-15(12)5-6(4-11)7(8,9)10/h6H,2-3,5H2,1H3. The van der Waals surface area contributed by atoms with Crippen LogP contribution in [0.3, 0.4) is 0 Å². The highest BCUT2D eigenvalue weighted by molar-refractivity contribution is 7.92. The van der Waals surface area contributed by atoms with Gasteiger partial charge in [-0.25, -0.2) is 8.42 Å². The molecule has 16 heavy (non-hydrogen) atoms. The van der Waals surface area contributed by atoms with Gasteiger partial charge in [0.25, 0.3) is 0 Å². The van der Waals surface area contributed by atoms with E-state index in [-0.39, 0.29) is 5.75 Å². The molecule has 0 saturated carbocycles. The summed E-state index contributed by atoms with van der Waals surface area (Å²) < 4.78 is 68.7. The van der Waals surface area contributed by atoms with E-state index in [0.29, 0.717) is 0 Å². The molecule has 0 amide bonds. The van der Waals surface area contributed by atoms with Crippen LogP contribution in [0.15, 0.2) is 0 Å². The van der Waals surface area contributed by atoms with Crippen molar-refractivity contribution in [3.05, 3.63) is 0 Å². The third-order valence-electron chi connectivity index (χ3n) is 1.59. The van der Waals surface area contributed by atoms with Crippen LogP contribution >= 0.6 is 0 Å². The molecule has 0 heterocycles. The Balaban J connectivity index is 4.31. The Kier molecular flexibility index (Phi) is 5.41. The molecule has 0 N–H and O–H groups in total. The van der Waals surface area contributed by atoms with Gasteiger partial charge in [0, 0.05) is 28.6 Å². The Morgan fingerprint density at radius 1 is 1.44 bits per heavy atom. The lowest BCUT2D eigenvalue weighted by molar-refractivity contribution is -0.153. The van der Waals surface area contributed by atoms with Crippen LogP contribution in [0, 0.1) is 17.2 Å². The monoisotopic (exact) mass is 277 g/mol. The fourth-order valence-electron chi connectivity index (χ4n) is 0.718. The summed E-state index contributed by atoms with van der Waals surface area (Å²) in [6.45, 7) is 0. The summed E-state index contributed by atoms with van der Waals surface area (Å²) in [5, 5.41) is 8.22. The van der Waals surface area contributed by atoms with Gasteiger partial charge in [0.05, 0.1) is 11.8 Å². The number of sulfone groups is 1. The summed E-state index contributed by atoms with van der Waals surface area (Å²) in [7, 11) is -5.32. The van der Waals surface area contributed by atoms with Crippen molar-refractivity contribution in [2.75, 3.05) is 23.5 Å². The van der Waals surface area contributed by atoms with Crippen molar-refractivity contribution in [1.82, 2.24) is 0 Å². The first-order valence-electron chi connectivity index (χ1n) is 4.05. The minimum absolute atomic E-state index is 0.382. The molecule has 0 aliphatic heterocycles. The predicted molar refractivity (Wildman–Crippen MR) is 52.7 cm³/mol. The second-order valence-corrected chi connectivity index (χ2v) is 7.04. The van der Waals surface area contributed by atoms with E-state index < -0.39 is 44.2 Å². The van der Waals surface area contributed by atoms with Crippen LogP contribution < -0.4 is 0 Å². The molecule has 0 fully saturated rings. The minimum Gasteiger partial charge on any atom is -0.259 e. The molecule has 2 atom stereocenters. The Hall–Kier alpha value is -0.620. The maximum atomic E-state index is 12.1. The smallest absolute Gasteiger partial charge is 0.259 e. The molecule has 0 radical (unpaired) electrons. The molecule has 0 bridgehead atoms. The Bertz CT molecular complexity index is 396. The number of hydrogen-bond donors (Lipinski definition) is 0. The summed E-state index contributed by atoms with van der Waals surface area (Å²) >= 11 is 0. The fourth-order valence-corrected chi connectivity index (χ4v) is 3.48. The van der Waals surface area contributed by atoms with E-state index in [1.54, 1.807) is 0 Å². The van der Waals surface area contributed by atoms with Crippen molar-refractivity contribution in [2.45, 2.75) is 6.18 Å². The highest BCUT2D eigenvalue weighted by Crippen LogP contribution is 2.26. The zero-order valence-electron chi connectivity index (χ0n) is 8.32. The summed E-state index contributed by atoms with van der Waals surface area (Å²) in [6, 6.07) is 1.00. The summed E-state index contributed by atoms with van der Waals surface area (Å²) in [5.74, 6) is -4.02. The number of nitriles is 1. The number of halogens is 3. The fraction of sp³-hybridized carbons (Fsp3) is 0.857. The van der Waals surface area contributed by atoms with Crippen LogP contribution in [0.1, 0.15) is 0 Å². The number of rotatable bonds is 5. The predicted octanol–water partition coefficient (Wildman–Crippen LogP) is 0.482. The van der Waals surface area contributed by atoms with Gasteiger partial charge in [0.2, 0.25) is 0 Å². The number of nitrogens with zero attached hydrogens (tertiary/aromatic N) is 1. The molecule has 4 nitrogen and oxygen atoms in total. The van der Waals surface area contributed by atoms with Gasteiger partial charge < -0.3 is 0 Å². The average Bonchev–Trinajstić information content (AvgIpc) is 2.07. The van der Waals surface area contributed by atoms with Gasteiger partial charge in [-0.2, -0.15) is 18.4 Å². The van der Waals surface area contributed by atoms with E-state index in [9.17, 15) is 25.8 Å². The first kappa shape index (κ1) is 15.4. The lowest BCUT2D eigenvalue weighted by atomic mass is 10.2. The molecular weight excluding hydrogens is 267 g/mol. The van der Waals surface area contributed by atoms with Gasteiger partial charge >= 0.3 is 6.18 Å². The topological polar surface area (TPSA) is 75.0 Å². The molecule has 9 heteroatoms. The molecular formula is C7H10F3NO3S2. The third-order valence-corrected chi connectivity index (χ3v) is 4.15. The summed E-state index contributed by atoms with van der Waals surface area (Å²) in [5.41, 5.74) is 0. The third kappa shape index (κ3) is 6.79. The molecule has 0 aromatic heterocycles. The van der Waals surface area contributed by atoms with Crippen LogP contribution in [-0.4, -0.2) is 42.3 Å². The maximum absolute atomic E-state index is 12.1. The lowest BCUT2D eigenvalue weighted by Crippen LogP contribution is -2.28. The van der Waals surface area contributed by atoms with Crippen molar-refractivity contribution >= 4 is 20.6 Å². The maximum Gasteiger partial charge on any atom is 0.405 e. The Labute approximate surface area is 93.8 Å². The summed E-state index contributed by atoms with van der Waals surface area (Å²) in [6.07, 6.45) is -3.83. The molecule has 94 valence electrons. The van der Waals surface area contributed by atoms with Crippen LogP contribution in [0.2, 0.25) is 0 Å². The highest BCUT2D eigenvalue weighted by atomic mass is 32.2. The van der Waals surface area contributed by atoms with Crippen LogP contribution in [-0.2, 0) is 20.6 Å². The molecule has 0 aliphatic carbocycles. The highest BCUT2D eigenvalue weighted by Gasteiger charge is 2.40. The van der Waals surface area contributed by atoms with Crippen molar-refractivity contribution < 1.29 is 25.8 Å². The van der Waals surface area contributed by atoms with Crippen molar-refractivity contribution in [2.24, 2.45) is 5.92 Å². The second kappa shape index (κ2) is 5.63. The average molecular weight is 277 g/mol. The zero-order valence-corrected chi connectivity index (χ0v) is 9.95. The first-order chi connectivity index (χ1) is 7.06. The van der Waals surface area contributed by atoms with Crippen molar-refractivity contribution in [3.8, 4) is 6.07 Å². The summed E-state index contributed by atoms with van der Waals surface area (Å²) in [4.78, 5) is 0. The van der Waals surface area contributed by atoms with Gasteiger partial charge in [0.15, 0.2) is 5.92 Å². The normalized spacial score (nSPS) is 16.4. The minimum atomic E-state index is -4.73. The van der Waals surface area contributed by atoms with Crippen molar-refractivity contribution in [3.63, 3.8) is 0 Å². The van der Waals surface area contributed by atoms with E-state index in [2.05, 4.69) is 0 Å². The Morgan fingerprint density at radius 3 is 2.25 bits per heavy atom. The Morgan fingerprint density at radius 2 is 1.94 bits per heavy atom. The zero-order chi connectivity index (χ0) is 13.0. The van der Waals surface area contributed by atoms with Crippen LogP contribution in [0.25, 0.3) is 0 Å². The van der Waals surface area contributed by atoms with Gasteiger partial charge in [-0.3, -0.25) is 4.21 Å². The molecule has 0 spiro atoms. The van der Waals surface area contributed by atoms with E-state index >= 15 is 0 Å². The molecule has 2 unspecified atom stereocenters. The van der Waals surface area contributed by atoms with Crippen LogP contribution in [0.5, 0.6) is 0 Å². The second-order valence-electron chi connectivity index (χ2n) is 3.16. The van der Waals surface area contributed by atoms with Crippen LogP contribution in [0.4, 0.5) is 13.2 Å². The number of hydrogen-bond acceptors (Lipinski definition) is 4. The van der Waals surface area contributed by atoms with E-state index in [0.717, 1.165) is 12.3 Å². The van der Waals surface area contributed by atoms with E-state index in [1.165, 1.54) is 0 Å². The molecule has 0 saturated heterocycles. The van der Waals surface area contributed by atoms with Gasteiger partial charge in [-0.05, 0) is 0 Å². The molecule has 0 aliphatic rings. The van der Waals surface area contributed by atoms with E-state index in [4.69, 9.17) is 5.26 Å². The van der Waals surface area contributed by atoms with E-state index in [1.807, 2.05) is 0 Å². The SMILES string of the molecule is CS(=O)(=O)CCS(=O)CC(C#N)C(F)(F)F. The van der Waals surface area contributed by atoms with Gasteiger partial charge in [-0.1, -0.05) is 0 Å². The van der Waals surface area contributed by atoms with Gasteiger partial charge in [-0.15, -0.1) is 0 Å². The molecule has 0 aromatic carbocycles. The number of alkyl halides is 3. The first-order valence-corrected chi connectivity index (χ1v) is 7.60.